The summed E-state index contributed by atoms with van der Waals surface area (Å²) in [6, 6.07) is 9.45. The summed E-state index contributed by atoms with van der Waals surface area (Å²) in [6.07, 6.45) is 1.64. The first-order chi connectivity index (χ1) is 13.4. The Bertz CT molecular complexity index is 1080. The molecule has 0 bridgehead atoms. The minimum Gasteiger partial charge on any atom is -0.395 e. The number of benzene rings is 1. The van der Waals surface area contributed by atoms with Crippen LogP contribution in [0.3, 0.4) is 0 Å². The zero-order chi connectivity index (χ0) is 19.9. The predicted octanol–water partition coefficient (Wildman–Crippen LogP) is 2.82. The van der Waals surface area contributed by atoms with Gasteiger partial charge < -0.3 is 15.7 Å². The van der Waals surface area contributed by atoms with Crippen LogP contribution in [0.2, 0.25) is 5.15 Å². The van der Waals surface area contributed by atoms with Gasteiger partial charge in [0.25, 0.3) is 0 Å². The number of fused-ring (bicyclic) bond motifs is 1. The molecule has 8 nitrogen and oxygen atoms in total. The van der Waals surface area contributed by atoms with Gasteiger partial charge >= 0.3 is 0 Å². The third kappa shape index (κ3) is 3.05. The first-order valence-electron chi connectivity index (χ1n) is 8.67. The van der Waals surface area contributed by atoms with Crippen LogP contribution in [0.1, 0.15) is 18.1 Å². The number of aliphatic hydroxyl groups excluding tert-OH is 1. The van der Waals surface area contributed by atoms with Gasteiger partial charge in [0.05, 0.1) is 23.6 Å². The maximum Gasteiger partial charge on any atom is 0.228 e. The molecule has 1 aromatic carbocycles. The van der Waals surface area contributed by atoms with E-state index < -0.39 is 5.41 Å². The Labute approximate surface area is 166 Å². The lowest BCUT2D eigenvalue weighted by atomic mass is 9.83. The van der Waals surface area contributed by atoms with Crippen molar-refractivity contribution >= 4 is 29.1 Å². The summed E-state index contributed by atoms with van der Waals surface area (Å²) in [5.41, 5.74) is 3.20. The number of halogens is 1. The maximum absolute atomic E-state index is 9.85. The fourth-order valence-electron chi connectivity index (χ4n) is 3.26. The van der Waals surface area contributed by atoms with E-state index in [0.29, 0.717) is 34.7 Å². The molecule has 1 aliphatic rings. The van der Waals surface area contributed by atoms with Crippen LogP contribution in [-0.2, 0) is 12.5 Å². The third-order valence-electron chi connectivity index (χ3n) is 4.93. The summed E-state index contributed by atoms with van der Waals surface area (Å²) in [7, 11) is 1.74. The van der Waals surface area contributed by atoms with Crippen LogP contribution < -0.4 is 10.6 Å². The fraction of sp³-hybridized carbons (Fsp3) is 0.263. The van der Waals surface area contributed by atoms with Gasteiger partial charge in [-0.25, -0.2) is 9.97 Å². The van der Waals surface area contributed by atoms with E-state index in [4.69, 9.17) is 11.6 Å². The standard InChI is InChI=1S/C19H18ClN7O/c1-19(10-28)9-23-17-12(8-21)5-11(6-13(17)19)14-3-4-22-18(24-14)25-16-7-15(20)27(2)26-16/h3-7,23,28H,9-10H2,1-2H3,(H,22,24,25,26). The van der Waals surface area contributed by atoms with Crippen LogP contribution in [0.25, 0.3) is 11.3 Å². The minimum atomic E-state index is -0.449. The van der Waals surface area contributed by atoms with Crippen molar-refractivity contribution in [2.45, 2.75) is 12.3 Å². The van der Waals surface area contributed by atoms with Crippen LogP contribution in [0.5, 0.6) is 0 Å². The topological polar surface area (TPSA) is 112 Å². The molecule has 28 heavy (non-hydrogen) atoms. The molecule has 142 valence electrons. The van der Waals surface area contributed by atoms with Gasteiger partial charge in [-0.2, -0.15) is 10.4 Å². The molecule has 0 aliphatic carbocycles. The quantitative estimate of drug-likeness (QED) is 0.622. The molecule has 4 rings (SSSR count). The smallest absolute Gasteiger partial charge is 0.228 e. The number of hydrogen-bond acceptors (Lipinski definition) is 7. The number of nitrogens with one attached hydrogen (secondary N) is 2. The van der Waals surface area contributed by atoms with Crippen LogP contribution in [-0.4, -0.2) is 38.0 Å². The van der Waals surface area contributed by atoms with E-state index in [-0.39, 0.29) is 6.61 Å². The van der Waals surface area contributed by atoms with E-state index in [9.17, 15) is 10.4 Å². The van der Waals surface area contributed by atoms with Crippen molar-refractivity contribution in [1.82, 2.24) is 19.7 Å². The number of anilines is 3. The predicted molar refractivity (Wildman–Crippen MR) is 107 cm³/mol. The van der Waals surface area contributed by atoms with Crippen molar-refractivity contribution in [3.8, 4) is 17.3 Å². The van der Waals surface area contributed by atoms with Gasteiger partial charge in [0.1, 0.15) is 11.2 Å². The molecule has 1 unspecified atom stereocenters. The van der Waals surface area contributed by atoms with E-state index in [1.54, 1.807) is 31.4 Å². The lowest BCUT2D eigenvalue weighted by Gasteiger charge is -2.21. The zero-order valence-electron chi connectivity index (χ0n) is 15.4. The highest BCUT2D eigenvalue weighted by molar-refractivity contribution is 6.29. The summed E-state index contributed by atoms with van der Waals surface area (Å²) in [5.74, 6) is 0.905. The summed E-state index contributed by atoms with van der Waals surface area (Å²) < 4.78 is 1.54. The molecule has 0 saturated heterocycles. The zero-order valence-corrected chi connectivity index (χ0v) is 16.1. The number of rotatable bonds is 4. The van der Waals surface area contributed by atoms with Crippen molar-refractivity contribution in [3.05, 3.63) is 46.7 Å². The van der Waals surface area contributed by atoms with Crippen molar-refractivity contribution in [2.24, 2.45) is 7.05 Å². The summed E-state index contributed by atoms with van der Waals surface area (Å²) in [6.45, 7) is 2.53. The van der Waals surface area contributed by atoms with E-state index >= 15 is 0 Å². The molecule has 2 aromatic heterocycles. The average Bonchev–Trinajstić information content (AvgIpc) is 3.20. The molecule has 0 amide bonds. The molecule has 0 radical (unpaired) electrons. The molecular formula is C19H18ClN7O. The highest BCUT2D eigenvalue weighted by Gasteiger charge is 2.35. The van der Waals surface area contributed by atoms with Gasteiger partial charge in [0.2, 0.25) is 5.95 Å². The first-order valence-corrected chi connectivity index (χ1v) is 9.04. The molecule has 0 saturated carbocycles. The third-order valence-corrected chi connectivity index (χ3v) is 5.28. The second-order valence-electron chi connectivity index (χ2n) is 7.00. The first kappa shape index (κ1) is 18.2. The second kappa shape index (κ2) is 6.78. The highest BCUT2D eigenvalue weighted by Crippen LogP contribution is 2.41. The number of nitriles is 1. The molecule has 1 aliphatic heterocycles. The molecule has 3 aromatic rings. The van der Waals surface area contributed by atoms with Crippen LogP contribution in [0, 0.1) is 11.3 Å². The lowest BCUT2D eigenvalue weighted by molar-refractivity contribution is 0.219. The normalized spacial score (nSPS) is 17.7. The summed E-state index contributed by atoms with van der Waals surface area (Å²) >= 11 is 6.01. The molecule has 9 heteroatoms. The average molecular weight is 396 g/mol. The minimum absolute atomic E-state index is 0.0155. The van der Waals surface area contributed by atoms with Gasteiger partial charge in [-0.15, -0.1) is 0 Å². The van der Waals surface area contributed by atoms with Crippen molar-refractivity contribution in [2.75, 3.05) is 23.8 Å². The summed E-state index contributed by atoms with van der Waals surface area (Å²) in [5, 5.41) is 30.4. The highest BCUT2D eigenvalue weighted by atomic mass is 35.5. The van der Waals surface area contributed by atoms with E-state index in [2.05, 4.69) is 31.8 Å². The molecular weight excluding hydrogens is 378 g/mol. The van der Waals surface area contributed by atoms with Crippen molar-refractivity contribution < 1.29 is 5.11 Å². The Hall–Kier alpha value is -3.15. The molecule has 3 heterocycles. The number of aliphatic hydroxyl groups is 1. The number of nitrogens with zero attached hydrogens (tertiary/aromatic N) is 5. The van der Waals surface area contributed by atoms with E-state index in [1.165, 1.54) is 4.68 Å². The van der Waals surface area contributed by atoms with E-state index in [1.807, 2.05) is 13.0 Å². The monoisotopic (exact) mass is 395 g/mol. The van der Waals surface area contributed by atoms with Crippen molar-refractivity contribution in [3.63, 3.8) is 0 Å². The molecule has 0 spiro atoms. The van der Waals surface area contributed by atoms with Crippen LogP contribution >= 0.6 is 11.6 Å². The maximum atomic E-state index is 9.85. The van der Waals surface area contributed by atoms with Gasteiger partial charge in [0.15, 0.2) is 5.82 Å². The van der Waals surface area contributed by atoms with Gasteiger partial charge in [-0.05, 0) is 23.8 Å². The Balaban J connectivity index is 1.74. The van der Waals surface area contributed by atoms with Crippen LogP contribution in [0.15, 0.2) is 30.5 Å². The SMILES string of the molecule is Cn1nc(Nc2nccc(-c3cc(C#N)c4c(c3)C(C)(CO)CN4)n2)cc1Cl. The second-order valence-corrected chi connectivity index (χ2v) is 7.38. The van der Waals surface area contributed by atoms with Gasteiger partial charge in [-0.3, -0.25) is 4.68 Å². The van der Waals surface area contributed by atoms with E-state index in [0.717, 1.165) is 16.8 Å². The Morgan fingerprint density at radius 1 is 1.43 bits per heavy atom. The van der Waals surface area contributed by atoms with Crippen LogP contribution in [0.4, 0.5) is 17.5 Å². The number of aryl methyl sites for hydroxylation is 1. The molecule has 1 atom stereocenters. The lowest BCUT2D eigenvalue weighted by Crippen LogP contribution is -2.28. The summed E-state index contributed by atoms with van der Waals surface area (Å²) in [4.78, 5) is 8.77. The Kier molecular flexibility index (Phi) is 4.41. The molecule has 3 N–H and O–H groups in total. The molecule has 0 fully saturated rings. The van der Waals surface area contributed by atoms with Gasteiger partial charge in [0, 0.05) is 36.8 Å². The van der Waals surface area contributed by atoms with Gasteiger partial charge in [-0.1, -0.05) is 18.5 Å². The fourth-order valence-corrected chi connectivity index (χ4v) is 3.41. The number of aromatic nitrogens is 4. The largest absolute Gasteiger partial charge is 0.395 e. The van der Waals surface area contributed by atoms with Crippen molar-refractivity contribution in [1.29, 1.82) is 5.26 Å². The number of hydrogen-bond donors (Lipinski definition) is 3. The Morgan fingerprint density at radius 3 is 2.93 bits per heavy atom. The Morgan fingerprint density at radius 2 is 2.25 bits per heavy atom.